The van der Waals surface area contributed by atoms with Crippen LogP contribution in [0.25, 0.3) is 0 Å². The monoisotopic (exact) mass is 284 g/mol. The third kappa shape index (κ3) is 5.34. The van der Waals surface area contributed by atoms with Crippen molar-refractivity contribution in [2.45, 2.75) is 78.1 Å². The zero-order valence-corrected chi connectivity index (χ0v) is 14.0. The highest BCUT2D eigenvalue weighted by atomic mass is 14.2. The molecule has 1 aliphatic carbocycles. The van der Waals surface area contributed by atoms with Crippen LogP contribution in [-0.4, -0.2) is 0 Å². The minimum absolute atomic E-state index is 0.892. The van der Waals surface area contributed by atoms with Crippen LogP contribution in [0.4, 0.5) is 0 Å². The summed E-state index contributed by atoms with van der Waals surface area (Å²) in [6, 6.07) is 8.95. The normalized spacial score (nSPS) is 17.4. The summed E-state index contributed by atoms with van der Waals surface area (Å²) < 4.78 is 0. The first-order valence-electron chi connectivity index (χ1n) is 9.07. The number of allylic oxidation sites excluding steroid dienone is 2. The third-order valence-corrected chi connectivity index (χ3v) is 5.03. The van der Waals surface area contributed by atoms with Crippen LogP contribution in [0, 0.1) is 5.92 Å². The lowest BCUT2D eigenvalue weighted by Gasteiger charge is -2.23. The maximum Gasteiger partial charge on any atom is -0.0197 e. The predicted octanol–water partition coefficient (Wildman–Crippen LogP) is 6.49. The molecule has 1 unspecified atom stereocenters. The lowest BCUT2D eigenvalue weighted by atomic mass is 9.83. The zero-order valence-electron chi connectivity index (χ0n) is 14.0. The summed E-state index contributed by atoms with van der Waals surface area (Å²) in [6.07, 6.45) is 16.0. The van der Waals surface area contributed by atoms with Gasteiger partial charge in [-0.05, 0) is 55.6 Å². The molecule has 0 saturated carbocycles. The van der Waals surface area contributed by atoms with Gasteiger partial charge < -0.3 is 0 Å². The highest BCUT2D eigenvalue weighted by Gasteiger charge is 2.14. The van der Waals surface area contributed by atoms with E-state index in [2.05, 4.69) is 44.2 Å². The maximum absolute atomic E-state index is 2.44. The van der Waals surface area contributed by atoms with Gasteiger partial charge in [0.15, 0.2) is 0 Å². The van der Waals surface area contributed by atoms with Gasteiger partial charge in [-0.1, -0.05) is 75.4 Å². The van der Waals surface area contributed by atoms with Crippen LogP contribution in [0.1, 0.15) is 76.3 Å². The van der Waals surface area contributed by atoms with E-state index < -0.39 is 0 Å². The molecule has 0 heteroatoms. The fourth-order valence-corrected chi connectivity index (χ4v) is 3.37. The Hall–Kier alpha value is -1.04. The smallest absolute Gasteiger partial charge is 0.0197 e. The molecule has 116 valence electrons. The fourth-order valence-electron chi connectivity index (χ4n) is 3.37. The molecule has 1 atom stereocenters. The van der Waals surface area contributed by atoms with Crippen molar-refractivity contribution in [2.75, 3.05) is 0 Å². The van der Waals surface area contributed by atoms with Crippen molar-refractivity contribution in [3.63, 3.8) is 0 Å². The van der Waals surface area contributed by atoms with E-state index >= 15 is 0 Å². The summed E-state index contributed by atoms with van der Waals surface area (Å²) in [6.45, 7) is 4.63. The third-order valence-electron chi connectivity index (χ3n) is 5.03. The van der Waals surface area contributed by atoms with Crippen LogP contribution < -0.4 is 0 Å². The average molecular weight is 284 g/mol. The van der Waals surface area contributed by atoms with Gasteiger partial charge in [-0.25, -0.2) is 0 Å². The molecule has 0 N–H and O–H groups in total. The second-order valence-electron chi connectivity index (χ2n) is 6.66. The molecular formula is C21H32. The van der Waals surface area contributed by atoms with Crippen LogP contribution in [0.2, 0.25) is 0 Å². The Balaban J connectivity index is 1.48. The minimum Gasteiger partial charge on any atom is -0.0845 e. The SMILES string of the molecule is CCc1ccccc1CCCCCCCCC1=CCC1C. The molecule has 1 aromatic rings. The van der Waals surface area contributed by atoms with Gasteiger partial charge in [0.25, 0.3) is 0 Å². The van der Waals surface area contributed by atoms with Crippen molar-refractivity contribution < 1.29 is 0 Å². The topological polar surface area (TPSA) is 0 Å². The van der Waals surface area contributed by atoms with Crippen LogP contribution in [0.15, 0.2) is 35.9 Å². The van der Waals surface area contributed by atoms with Crippen molar-refractivity contribution in [1.29, 1.82) is 0 Å². The molecule has 0 heterocycles. The van der Waals surface area contributed by atoms with Crippen molar-refractivity contribution in [1.82, 2.24) is 0 Å². The molecule has 0 amide bonds. The van der Waals surface area contributed by atoms with Gasteiger partial charge in [0, 0.05) is 0 Å². The largest absolute Gasteiger partial charge is 0.0845 e. The Kier molecular flexibility index (Phi) is 7.06. The van der Waals surface area contributed by atoms with Gasteiger partial charge in [0.05, 0.1) is 0 Å². The minimum atomic E-state index is 0.892. The summed E-state index contributed by atoms with van der Waals surface area (Å²) in [4.78, 5) is 0. The quantitative estimate of drug-likeness (QED) is 0.340. The first kappa shape index (κ1) is 16.3. The number of aryl methyl sites for hydroxylation is 2. The molecule has 0 saturated heterocycles. The van der Waals surface area contributed by atoms with E-state index in [1.165, 1.54) is 64.2 Å². The van der Waals surface area contributed by atoms with Gasteiger partial charge in [-0.2, -0.15) is 0 Å². The molecule has 1 aliphatic rings. The molecule has 0 aliphatic heterocycles. The molecule has 1 aromatic carbocycles. The molecule has 0 nitrogen and oxygen atoms in total. The van der Waals surface area contributed by atoms with Crippen LogP contribution in [0.5, 0.6) is 0 Å². The Morgan fingerprint density at radius 2 is 1.48 bits per heavy atom. The van der Waals surface area contributed by atoms with Crippen LogP contribution in [0.3, 0.4) is 0 Å². The van der Waals surface area contributed by atoms with Crippen molar-refractivity contribution >= 4 is 0 Å². The highest BCUT2D eigenvalue weighted by molar-refractivity contribution is 5.27. The van der Waals surface area contributed by atoms with Gasteiger partial charge in [-0.15, -0.1) is 0 Å². The highest BCUT2D eigenvalue weighted by Crippen LogP contribution is 2.30. The van der Waals surface area contributed by atoms with E-state index in [0.717, 1.165) is 5.92 Å². The standard InChI is InChI=1S/C21H32/c1-3-19-12-10-11-15-21(19)14-9-7-5-4-6-8-13-20-17-16-18(20)2/h10-12,15,17-18H,3-9,13-14,16H2,1-2H3. The molecule has 0 aromatic heterocycles. The van der Waals surface area contributed by atoms with Crippen LogP contribution >= 0.6 is 0 Å². The van der Waals surface area contributed by atoms with Gasteiger partial charge in [0.1, 0.15) is 0 Å². The van der Waals surface area contributed by atoms with Gasteiger partial charge in [0.2, 0.25) is 0 Å². The zero-order chi connectivity index (χ0) is 14.9. The number of hydrogen-bond acceptors (Lipinski definition) is 0. The van der Waals surface area contributed by atoms with Gasteiger partial charge in [-0.3, -0.25) is 0 Å². The number of unbranched alkanes of at least 4 members (excludes halogenated alkanes) is 5. The maximum atomic E-state index is 2.44. The average Bonchev–Trinajstić information content (AvgIpc) is 2.52. The molecule has 2 rings (SSSR count). The molecule has 0 fully saturated rings. The van der Waals surface area contributed by atoms with E-state index in [0.29, 0.717) is 0 Å². The Morgan fingerprint density at radius 3 is 2.05 bits per heavy atom. The summed E-state index contributed by atoms with van der Waals surface area (Å²) >= 11 is 0. The first-order valence-corrected chi connectivity index (χ1v) is 9.07. The van der Waals surface area contributed by atoms with E-state index in [1.54, 1.807) is 16.7 Å². The molecule has 0 spiro atoms. The summed E-state index contributed by atoms with van der Waals surface area (Å²) in [7, 11) is 0. The van der Waals surface area contributed by atoms with E-state index in [-0.39, 0.29) is 0 Å². The summed E-state index contributed by atoms with van der Waals surface area (Å²) in [5, 5.41) is 0. The van der Waals surface area contributed by atoms with Crippen LogP contribution in [-0.2, 0) is 12.8 Å². The summed E-state index contributed by atoms with van der Waals surface area (Å²) in [5.41, 5.74) is 4.84. The van der Waals surface area contributed by atoms with E-state index in [4.69, 9.17) is 0 Å². The number of benzene rings is 1. The molecular weight excluding hydrogens is 252 g/mol. The summed E-state index contributed by atoms with van der Waals surface area (Å²) in [5.74, 6) is 0.892. The van der Waals surface area contributed by atoms with Crippen molar-refractivity contribution in [3.8, 4) is 0 Å². The Bertz CT molecular complexity index is 441. The predicted molar refractivity (Wildman–Crippen MR) is 93.7 cm³/mol. The first-order chi connectivity index (χ1) is 10.3. The number of hydrogen-bond donors (Lipinski definition) is 0. The molecule has 0 radical (unpaired) electrons. The van der Waals surface area contributed by atoms with E-state index in [9.17, 15) is 0 Å². The fraction of sp³-hybridized carbons (Fsp3) is 0.619. The lowest BCUT2D eigenvalue weighted by molar-refractivity contribution is 0.543. The molecule has 0 bridgehead atoms. The number of rotatable bonds is 10. The Labute approximate surface area is 131 Å². The van der Waals surface area contributed by atoms with E-state index in [1.807, 2.05) is 0 Å². The Morgan fingerprint density at radius 1 is 0.857 bits per heavy atom. The molecule has 21 heavy (non-hydrogen) atoms. The van der Waals surface area contributed by atoms with Crippen molar-refractivity contribution in [2.24, 2.45) is 5.92 Å². The lowest BCUT2D eigenvalue weighted by Crippen LogP contribution is -2.07. The van der Waals surface area contributed by atoms with Gasteiger partial charge >= 0.3 is 0 Å². The van der Waals surface area contributed by atoms with Crippen molar-refractivity contribution in [3.05, 3.63) is 47.0 Å². The second kappa shape index (κ2) is 9.07. The second-order valence-corrected chi connectivity index (χ2v) is 6.66.